The van der Waals surface area contributed by atoms with E-state index in [4.69, 9.17) is 16.3 Å². The molecule has 0 amide bonds. The molecule has 0 saturated heterocycles. The van der Waals surface area contributed by atoms with Gasteiger partial charge in [-0.15, -0.1) is 0 Å². The van der Waals surface area contributed by atoms with Crippen molar-refractivity contribution in [2.75, 3.05) is 6.54 Å². The molecule has 3 heteroatoms. The van der Waals surface area contributed by atoms with Crippen LogP contribution in [0.25, 0.3) is 0 Å². The summed E-state index contributed by atoms with van der Waals surface area (Å²) in [5, 5.41) is 4.24. The van der Waals surface area contributed by atoms with E-state index in [0.717, 1.165) is 30.2 Å². The van der Waals surface area contributed by atoms with Gasteiger partial charge in [-0.1, -0.05) is 25.4 Å². The lowest BCUT2D eigenvalue weighted by Crippen LogP contribution is -2.36. The van der Waals surface area contributed by atoms with E-state index in [9.17, 15) is 0 Å². The van der Waals surface area contributed by atoms with Gasteiger partial charge in [-0.2, -0.15) is 0 Å². The largest absolute Gasteiger partial charge is 0.489 e. The van der Waals surface area contributed by atoms with Gasteiger partial charge in [-0.25, -0.2) is 0 Å². The predicted molar refractivity (Wildman–Crippen MR) is 73.9 cm³/mol. The lowest BCUT2D eigenvalue weighted by molar-refractivity contribution is 0.210. The molecule has 0 aliphatic heterocycles. The van der Waals surface area contributed by atoms with E-state index in [2.05, 4.69) is 26.1 Å². The standard InChI is InChI=1S/C14H22ClNO/c1-4-13(5-2)16-10-11(3)17-14-8-6-12(15)7-9-14/h6-9,11,13,16H,4-5,10H2,1-3H3. The Morgan fingerprint density at radius 1 is 1.18 bits per heavy atom. The summed E-state index contributed by atoms with van der Waals surface area (Å²) < 4.78 is 5.79. The first-order valence-electron chi connectivity index (χ1n) is 6.31. The van der Waals surface area contributed by atoms with Crippen molar-refractivity contribution in [3.05, 3.63) is 29.3 Å². The zero-order valence-electron chi connectivity index (χ0n) is 10.9. The minimum absolute atomic E-state index is 0.164. The molecule has 1 aromatic rings. The van der Waals surface area contributed by atoms with Crippen LogP contribution in [-0.2, 0) is 0 Å². The topological polar surface area (TPSA) is 21.3 Å². The van der Waals surface area contributed by atoms with Crippen molar-refractivity contribution in [1.29, 1.82) is 0 Å². The second kappa shape index (κ2) is 7.57. The van der Waals surface area contributed by atoms with Gasteiger partial charge in [-0.3, -0.25) is 0 Å². The van der Waals surface area contributed by atoms with Crippen LogP contribution in [0.3, 0.4) is 0 Å². The third-order valence-corrected chi connectivity index (χ3v) is 3.08. The fourth-order valence-electron chi connectivity index (χ4n) is 1.70. The normalized spacial score (nSPS) is 12.8. The molecule has 1 rings (SSSR count). The first kappa shape index (κ1) is 14.3. The molecule has 0 saturated carbocycles. The summed E-state index contributed by atoms with van der Waals surface area (Å²) in [7, 11) is 0. The molecular weight excluding hydrogens is 234 g/mol. The minimum Gasteiger partial charge on any atom is -0.489 e. The Balaban J connectivity index is 2.34. The molecule has 1 aromatic carbocycles. The monoisotopic (exact) mass is 255 g/mol. The van der Waals surface area contributed by atoms with Gasteiger partial charge in [0.2, 0.25) is 0 Å². The van der Waals surface area contributed by atoms with Gasteiger partial charge < -0.3 is 10.1 Å². The molecule has 0 radical (unpaired) electrons. The molecule has 17 heavy (non-hydrogen) atoms. The van der Waals surface area contributed by atoms with Crippen LogP contribution in [0.5, 0.6) is 5.75 Å². The Bertz CT molecular complexity index is 309. The van der Waals surface area contributed by atoms with Gasteiger partial charge in [0.1, 0.15) is 11.9 Å². The van der Waals surface area contributed by atoms with Crippen LogP contribution < -0.4 is 10.1 Å². The second-order valence-electron chi connectivity index (χ2n) is 4.30. The molecule has 0 aliphatic rings. The lowest BCUT2D eigenvalue weighted by atomic mass is 10.1. The zero-order valence-corrected chi connectivity index (χ0v) is 11.6. The first-order chi connectivity index (χ1) is 8.15. The fourth-order valence-corrected chi connectivity index (χ4v) is 1.82. The van der Waals surface area contributed by atoms with Gasteiger partial charge in [-0.05, 0) is 44.0 Å². The number of halogens is 1. The molecule has 96 valence electrons. The Morgan fingerprint density at radius 2 is 1.76 bits per heavy atom. The van der Waals surface area contributed by atoms with Gasteiger partial charge >= 0.3 is 0 Å². The molecule has 0 aromatic heterocycles. The third-order valence-electron chi connectivity index (χ3n) is 2.83. The molecule has 0 heterocycles. The Morgan fingerprint density at radius 3 is 2.29 bits per heavy atom. The second-order valence-corrected chi connectivity index (χ2v) is 4.74. The average molecular weight is 256 g/mol. The van der Waals surface area contributed by atoms with Gasteiger partial charge in [0.15, 0.2) is 0 Å². The Kier molecular flexibility index (Phi) is 6.38. The zero-order chi connectivity index (χ0) is 12.7. The maximum atomic E-state index is 5.82. The summed E-state index contributed by atoms with van der Waals surface area (Å²) in [5.74, 6) is 0.869. The van der Waals surface area contributed by atoms with Crippen molar-refractivity contribution >= 4 is 11.6 Å². The molecule has 1 unspecified atom stereocenters. The van der Waals surface area contributed by atoms with E-state index >= 15 is 0 Å². The van der Waals surface area contributed by atoms with Crippen LogP contribution >= 0.6 is 11.6 Å². The smallest absolute Gasteiger partial charge is 0.119 e. The van der Waals surface area contributed by atoms with Crippen LogP contribution in [-0.4, -0.2) is 18.7 Å². The number of ether oxygens (including phenoxy) is 1. The van der Waals surface area contributed by atoms with E-state index in [1.54, 1.807) is 0 Å². The number of rotatable bonds is 7. The quantitative estimate of drug-likeness (QED) is 0.798. The highest BCUT2D eigenvalue weighted by atomic mass is 35.5. The van der Waals surface area contributed by atoms with Crippen molar-refractivity contribution in [1.82, 2.24) is 5.32 Å². The highest BCUT2D eigenvalue weighted by Gasteiger charge is 2.07. The van der Waals surface area contributed by atoms with E-state index in [1.165, 1.54) is 0 Å². The summed E-state index contributed by atoms with van der Waals surface area (Å²) in [6, 6.07) is 8.08. The van der Waals surface area contributed by atoms with Crippen LogP contribution in [0.4, 0.5) is 0 Å². The number of benzene rings is 1. The highest BCUT2D eigenvalue weighted by molar-refractivity contribution is 6.30. The molecule has 0 aliphatic carbocycles. The van der Waals surface area contributed by atoms with Crippen molar-refractivity contribution < 1.29 is 4.74 Å². The van der Waals surface area contributed by atoms with Crippen LogP contribution in [0, 0.1) is 0 Å². The number of hydrogen-bond acceptors (Lipinski definition) is 2. The van der Waals surface area contributed by atoms with Crippen LogP contribution in [0.2, 0.25) is 5.02 Å². The SMILES string of the molecule is CCC(CC)NCC(C)Oc1ccc(Cl)cc1. The van der Waals surface area contributed by atoms with Gasteiger partial charge in [0, 0.05) is 17.6 Å². The summed E-state index contributed by atoms with van der Waals surface area (Å²) >= 11 is 5.82. The van der Waals surface area contributed by atoms with Crippen molar-refractivity contribution in [2.24, 2.45) is 0 Å². The third kappa shape index (κ3) is 5.42. The first-order valence-corrected chi connectivity index (χ1v) is 6.69. The number of nitrogens with one attached hydrogen (secondary N) is 1. The molecule has 0 bridgehead atoms. The van der Waals surface area contributed by atoms with Crippen molar-refractivity contribution in [2.45, 2.75) is 45.8 Å². The number of hydrogen-bond donors (Lipinski definition) is 1. The molecule has 1 atom stereocenters. The van der Waals surface area contributed by atoms with Crippen LogP contribution in [0.1, 0.15) is 33.6 Å². The van der Waals surface area contributed by atoms with E-state index in [1.807, 2.05) is 24.3 Å². The van der Waals surface area contributed by atoms with Crippen LogP contribution in [0.15, 0.2) is 24.3 Å². The van der Waals surface area contributed by atoms with Crippen molar-refractivity contribution in [3.63, 3.8) is 0 Å². The minimum atomic E-state index is 0.164. The molecule has 0 spiro atoms. The maximum absolute atomic E-state index is 5.82. The lowest BCUT2D eigenvalue weighted by Gasteiger charge is -2.19. The highest BCUT2D eigenvalue weighted by Crippen LogP contribution is 2.16. The van der Waals surface area contributed by atoms with E-state index in [-0.39, 0.29) is 6.10 Å². The summed E-state index contributed by atoms with van der Waals surface area (Å²) in [5.41, 5.74) is 0. The maximum Gasteiger partial charge on any atom is 0.119 e. The van der Waals surface area contributed by atoms with Crippen molar-refractivity contribution in [3.8, 4) is 5.75 Å². The van der Waals surface area contributed by atoms with E-state index in [0.29, 0.717) is 6.04 Å². The Hall–Kier alpha value is -0.730. The van der Waals surface area contributed by atoms with E-state index < -0.39 is 0 Å². The summed E-state index contributed by atoms with van der Waals surface area (Å²) in [4.78, 5) is 0. The van der Waals surface area contributed by atoms with Gasteiger partial charge in [0.05, 0.1) is 0 Å². The summed E-state index contributed by atoms with van der Waals surface area (Å²) in [6.45, 7) is 7.34. The Labute approximate surface area is 109 Å². The van der Waals surface area contributed by atoms with Gasteiger partial charge in [0.25, 0.3) is 0 Å². The molecular formula is C14H22ClNO. The predicted octanol–water partition coefficient (Wildman–Crippen LogP) is 3.89. The fraction of sp³-hybridized carbons (Fsp3) is 0.571. The molecule has 0 fully saturated rings. The summed E-state index contributed by atoms with van der Waals surface area (Å²) in [6.07, 6.45) is 2.48. The average Bonchev–Trinajstić information content (AvgIpc) is 2.33. The molecule has 2 nitrogen and oxygen atoms in total. The molecule has 1 N–H and O–H groups in total.